The maximum absolute atomic E-state index is 13.2. The molecule has 2 aromatic rings. The fourth-order valence-electron chi connectivity index (χ4n) is 5.05. The lowest BCUT2D eigenvalue weighted by Crippen LogP contribution is -2.42. The lowest BCUT2D eigenvalue weighted by atomic mass is 9.69. The van der Waals surface area contributed by atoms with Crippen molar-refractivity contribution in [3.8, 4) is 6.19 Å². The number of ether oxygens (including phenoxy) is 1. The SMILES string of the molecule is CCC12CCCN(C#N)CCc3c(n(c4ccccc34)C(=O)C1)C2OC. The second kappa shape index (κ2) is 6.44. The second-order valence-electron chi connectivity index (χ2n) is 7.56. The molecule has 2 aliphatic rings. The van der Waals surface area contributed by atoms with E-state index in [1.165, 1.54) is 5.56 Å². The van der Waals surface area contributed by atoms with E-state index in [0.717, 1.165) is 48.8 Å². The lowest BCUT2D eigenvalue weighted by molar-refractivity contribution is -0.0419. The van der Waals surface area contributed by atoms with Crippen LogP contribution in [0.4, 0.5) is 0 Å². The number of rotatable bonds is 2. The maximum Gasteiger partial charge on any atom is 0.232 e. The summed E-state index contributed by atoms with van der Waals surface area (Å²) >= 11 is 0. The summed E-state index contributed by atoms with van der Waals surface area (Å²) in [6, 6.07) is 8.11. The van der Waals surface area contributed by atoms with E-state index < -0.39 is 0 Å². The Morgan fingerprint density at radius 2 is 2.15 bits per heavy atom. The Hall–Kier alpha value is -2.32. The van der Waals surface area contributed by atoms with E-state index in [0.29, 0.717) is 13.0 Å². The molecule has 0 fully saturated rings. The molecule has 3 heterocycles. The zero-order chi connectivity index (χ0) is 18.3. The van der Waals surface area contributed by atoms with E-state index in [4.69, 9.17) is 4.74 Å². The van der Waals surface area contributed by atoms with Crippen LogP contribution >= 0.6 is 0 Å². The number of para-hydroxylation sites is 1. The van der Waals surface area contributed by atoms with Gasteiger partial charge in [0.2, 0.25) is 5.91 Å². The number of fused-ring (bicyclic) bond motifs is 4. The molecule has 4 rings (SSSR count). The van der Waals surface area contributed by atoms with E-state index in [9.17, 15) is 10.1 Å². The number of methoxy groups -OCH3 is 1. The number of nitrogens with zero attached hydrogens (tertiary/aromatic N) is 3. The largest absolute Gasteiger partial charge is 0.375 e. The molecular weight excluding hydrogens is 326 g/mol. The van der Waals surface area contributed by atoms with Crippen molar-refractivity contribution in [1.82, 2.24) is 9.47 Å². The minimum Gasteiger partial charge on any atom is -0.375 e. The molecule has 136 valence electrons. The molecule has 0 saturated carbocycles. The number of carbonyl (C=O) groups excluding carboxylic acids is 1. The molecule has 5 heteroatoms. The van der Waals surface area contributed by atoms with Crippen LogP contribution in [-0.2, 0) is 11.2 Å². The van der Waals surface area contributed by atoms with Gasteiger partial charge in [0.25, 0.3) is 0 Å². The molecule has 0 saturated heterocycles. The van der Waals surface area contributed by atoms with Crippen LogP contribution in [0.1, 0.15) is 54.8 Å². The van der Waals surface area contributed by atoms with Gasteiger partial charge in [-0.1, -0.05) is 25.1 Å². The van der Waals surface area contributed by atoms with Crippen molar-refractivity contribution in [2.45, 2.75) is 45.1 Å². The predicted molar refractivity (Wildman–Crippen MR) is 99.8 cm³/mol. The Balaban J connectivity index is 2.01. The minimum atomic E-state index is -0.191. The summed E-state index contributed by atoms with van der Waals surface area (Å²) in [6.07, 6.45) is 6.20. The molecule has 0 amide bonds. The Morgan fingerprint density at radius 3 is 2.88 bits per heavy atom. The van der Waals surface area contributed by atoms with Crippen LogP contribution in [0.15, 0.2) is 24.3 Å². The lowest BCUT2D eigenvalue weighted by Gasteiger charge is -2.44. The molecule has 0 aliphatic carbocycles. The molecule has 1 aromatic carbocycles. The fourth-order valence-corrected chi connectivity index (χ4v) is 5.05. The van der Waals surface area contributed by atoms with Crippen LogP contribution in [0.3, 0.4) is 0 Å². The molecule has 2 bridgehead atoms. The molecule has 26 heavy (non-hydrogen) atoms. The average molecular weight is 351 g/mol. The fraction of sp³-hybridized carbons (Fsp3) is 0.524. The summed E-state index contributed by atoms with van der Waals surface area (Å²) in [5, 5.41) is 10.6. The number of hydrogen-bond acceptors (Lipinski definition) is 4. The number of benzene rings is 1. The van der Waals surface area contributed by atoms with Crippen molar-refractivity contribution in [3.05, 3.63) is 35.5 Å². The topological polar surface area (TPSA) is 58.3 Å². The molecule has 1 aromatic heterocycles. The highest BCUT2D eigenvalue weighted by atomic mass is 16.5. The van der Waals surface area contributed by atoms with Crippen molar-refractivity contribution >= 4 is 16.8 Å². The Kier molecular flexibility index (Phi) is 4.24. The van der Waals surface area contributed by atoms with Gasteiger partial charge in [-0.2, -0.15) is 5.26 Å². The first-order valence-electron chi connectivity index (χ1n) is 9.48. The van der Waals surface area contributed by atoms with Crippen LogP contribution in [0.5, 0.6) is 0 Å². The van der Waals surface area contributed by atoms with Crippen LogP contribution in [-0.4, -0.2) is 35.6 Å². The summed E-state index contributed by atoms with van der Waals surface area (Å²) in [5.41, 5.74) is 2.97. The van der Waals surface area contributed by atoms with Gasteiger partial charge in [0.1, 0.15) is 6.10 Å². The molecule has 0 radical (unpaired) electrons. The van der Waals surface area contributed by atoms with Gasteiger partial charge in [0.05, 0.1) is 11.2 Å². The highest BCUT2D eigenvalue weighted by Crippen LogP contribution is 2.52. The third kappa shape index (κ3) is 2.36. The summed E-state index contributed by atoms with van der Waals surface area (Å²) in [4.78, 5) is 15.1. The molecule has 5 nitrogen and oxygen atoms in total. The first-order chi connectivity index (χ1) is 12.6. The zero-order valence-electron chi connectivity index (χ0n) is 15.5. The van der Waals surface area contributed by atoms with E-state index >= 15 is 0 Å². The summed E-state index contributed by atoms with van der Waals surface area (Å²) in [7, 11) is 1.77. The predicted octanol–water partition coefficient (Wildman–Crippen LogP) is 3.89. The van der Waals surface area contributed by atoms with Crippen molar-refractivity contribution in [3.63, 3.8) is 0 Å². The Morgan fingerprint density at radius 1 is 1.35 bits per heavy atom. The van der Waals surface area contributed by atoms with Crippen molar-refractivity contribution in [1.29, 1.82) is 5.26 Å². The maximum atomic E-state index is 13.2. The minimum absolute atomic E-state index is 0.0822. The van der Waals surface area contributed by atoms with Gasteiger partial charge in [-0.3, -0.25) is 9.36 Å². The molecule has 2 atom stereocenters. The number of carbonyl (C=O) groups is 1. The molecular formula is C21H25N3O2. The van der Waals surface area contributed by atoms with Crippen molar-refractivity contribution < 1.29 is 9.53 Å². The summed E-state index contributed by atoms with van der Waals surface area (Å²) < 4.78 is 7.96. The van der Waals surface area contributed by atoms with Crippen molar-refractivity contribution in [2.24, 2.45) is 5.41 Å². The number of aromatic nitrogens is 1. The third-order valence-electron chi connectivity index (χ3n) is 6.39. The Bertz CT molecular complexity index is 895. The second-order valence-corrected chi connectivity index (χ2v) is 7.56. The van der Waals surface area contributed by atoms with Gasteiger partial charge in [-0.25, -0.2) is 0 Å². The number of hydrogen-bond donors (Lipinski definition) is 0. The quantitative estimate of drug-likeness (QED) is 0.770. The summed E-state index contributed by atoms with van der Waals surface area (Å²) in [6.45, 7) is 3.59. The highest BCUT2D eigenvalue weighted by molar-refractivity contribution is 5.97. The van der Waals surface area contributed by atoms with Gasteiger partial charge in [0.15, 0.2) is 6.19 Å². The standard InChI is InChI=1S/C21H25N3O2/c1-3-21-10-6-11-23(14-22)12-9-16-15-7-4-5-8-17(15)24(18(25)13-21)19(16)20(21)26-2/h4-5,7-8,20H,3,6,9-13H2,1-2H3. The third-order valence-corrected chi connectivity index (χ3v) is 6.39. The van der Waals surface area contributed by atoms with Gasteiger partial charge < -0.3 is 9.64 Å². The van der Waals surface area contributed by atoms with E-state index in [1.807, 2.05) is 27.7 Å². The first-order valence-corrected chi connectivity index (χ1v) is 9.48. The zero-order valence-corrected chi connectivity index (χ0v) is 15.5. The average Bonchev–Trinajstić information content (AvgIpc) is 2.99. The van der Waals surface area contributed by atoms with Crippen LogP contribution in [0.25, 0.3) is 10.9 Å². The van der Waals surface area contributed by atoms with E-state index in [-0.39, 0.29) is 17.4 Å². The smallest absolute Gasteiger partial charge is 0.232 e. The molecule has 2 aliphatic heterocycles. The highest BCUT2D eigenvalue weighted by Gasteiger charge is 2.48. The van der Waals surface area contributed by atoms with Crippen LogP contribution in [0.2, 0.25) is 0 Å². The molecule has 0 N–H and O–H groups in total. The first kappa shape index (κ1) is 17.1. The van der Waals surface area contributed by atoms with Gasteiger partial charge in [-0.15, -0.1) is 0 Å². The molecule has 0 spiro atoms. The number of nitriles is 1. The van der Waals surface area contributed by atoms with Gasteiger partial charge in [0, 0.05) is 37.4 Å². The van der Waals surface area contributed by atoms with Gasteiger partial charge in [-0.05, 0) is 37.3 Å². The summed E-state index contributed by atoms with van der Waals surface area (Å²) in [5.74, 6) is 0.176. The normalized spacial score (nSPS) is 26.0. The van der Waals surface area contributed by atoms with Crippen LogP contribution < -0.4 is 0 Å². The van der Waals surface area contributed by atoms with Crippen LogP contribution in [0, 0.1) is 16.9 Å². The van der Waals surface area contributed by atoms with Crippen molar-refractivity contribution in [2.75, 3.05) is 20.2 Å². The Labute approximate surface area is 154 Å². The molecule has 2 unspecified atom stereocenters. The van der Waals surface area contributed by atoms with E-state index in [1.54, 1.807) is 7.11 Å². The van der Waals surface area contributed by atoms with Gasteiger partial charge >= 0.3 is 0 Å². The van der Waals surface area contributed by atoms with E-state index in [2.05, 4.69) is 19.2 Å². The monoisotopic (exact) mass is 351 g/mol.